The van der Waals surface area contributed by atoms with Gasteiger partial charge in [-0.25, -0.2) is 9.59 Å². The summed E-state index contributed by atoms with van der Waals surface area (Å²) in [7, 11) is 3.42. The first-order valence-electron chi connectivity index (χ1n) is 8.63. The Morgan fingerprint density at radius 3 is 3.00 bits per heavy atom. The number of fused-ring (bicyclic) bond motifs is 1. The highest BCUT2D eigenvalue weighted by atomic mass is 16.6. The summed E-state index contributed by atoms with van der Waals surface area (Å²) in [5, 5.41) is 2.93. The molecule has 1 aromatic carbocycles. The molecule has 1 atom stereocenters. The number of benzene rings is 1. The Balaban J connectivity index is 1.56. The maximum Gasteiger partial charge on any atom is 0.336 e. The summed E-state index contributed by atoms with van der Waals surface area (Å²) in [6, 6.07) is 6.16. The second-order valence-electron chi connectivity index (χ2n) is 6.48. The Bertz CT molecular complexity index is 649. The SMILES string of the molecule is COC(=O)[C@@H]1CN(C(=O)NCc2ccc3c(c2)CCCN3C)CCO1. The Morgan fingerprint density at radius 1 is 1.36 bits per heavy atom. The Morgan fingerprint density at radius 2 is 2.20 bits per heavy atom. The predicted octanol–water partition coefficient (Wildman–Crippen LogP) is 1.15. The fraction of sp³-hybridized carbons (Fsp3) is 0.556. The number of hydrogen-bond acceptors (Lipinski definition) is 5. The standard InChI is InChI=1S/C18H25N3O4/c1-20-7-3-4-14-10-13(5-6-15(14)20)11-19-18(23)21-8-9-25-16(12-21)17(22)24-2/h5-6,10,16H,3-4,7-9,11-12H2,1-2H3,(H,19,23)/t16-/m0/s1. The van der Waals surface area contributed by atoms with Gasteiger partial charge in [-0.3, -0.25) is 0 Å². The molecular weight excluding hydrogens is 322 g/mol. The minimum atomic E-state index is -0.705. The third-order valence-electron chi connectivity index (χ3n) is 4.76. The largest absolute Gasteiger partial charge is 0.467 e. The second-order valence-corrected chi connectivity index (χ2v) is 6.48. The summed E-state index contributed by atoms with van der Waals surface area (Å²) >= 11 is 0. The van der Waals surface area contributed by atoms with Crippen LogP contribution in [0.1, 0.15) is 17.5 Å². The molecule has 25 heavy (non-hydrogen) atoms. The number of nitrogens with zero attached hydrogens (tertiary/aromatic N) is 2. The average Bonchev–Trinajstić information content (AvgIpc) is 2.65. The van der Waals surface area contributed by atoms with Gasteiger partial charge in [-0.15, -0.1) is 0 Å². The number of carbonyl (C=O) groups excluding carboxylic acids is 2. The van der Waals surface area contributed by atoms with Crippen molar-refractivity contribution in [2.24, 2.45) is 0 Å². The van der Waals surface area contributed by atoms with Crippen molar-refractivity contribution < 1.29 is 19.1 Å². The first-order chi connectivity index (χ1) is 12.1. The maximum absolute atomic E-state index is 12.4. The number of anilines is 1. The molecule has 0 bridgehead atoms. The molecule has 1 fully saturated rings. The van der Waals surface area contributed by atoms with E-state index in [0.29, 0.717) is 19.7 Å². The zero-order valence-electron chi connectivity index (χ0n) is 14.8. The molecule has 136 valence electrons. The molecule has 0 radical (unpaired) electrons. The molecule has 0 saturated carbocycles. The molecule has 1 aromatic rings. The van der Waals surface area contributed by atoms with E-state index in [2.05, 4.69) is 40.2 Å². The monoisotopic (exact) mass is 347 g/mol. The van der Waals surface area contributed by atoms with Gasteiger partial charge in [-0.2, -0.15) is 0 Å². The highest BCUT2D eigenvalue weighted by Crippen LogP contribution is 2.26. The van der Waals surface area contributed by atoms with Gasteiger partial charge in [0.05, 0.1) is 20.3 Å². The van der Waals surface area contributed by atoms with E-state index in [9.17, 15) is 9.59 Å². The lowest BCUT2D eigenvalue weighted by molar-refractivity contribution is -0.158. The van der Waals surface area contributed by atoms with Crippen LogP contribution < -0.4 is 10.2 Å². The van der Waals surface area contributed by atoms with E-state index in [4.69, 9.17) is 4.74 Å². The number of amides is 2. The summed E-state index contributed by atoms with van der Waals surface area (Å²) < 4.78 is 10.0. The molecule has 2 heterocycles. The van der Waals surface area contributed by atoms with Crippen molar-refractivity contribution in [1.82, 2.24) is 10.2 Å². The molecule has 3 rings (SSSR count). The fourth-order valence-corrected chi connectivity index (χ4v) is 3.35. The number of hydrogen-bond donors (Lipinski definition) is 1. The first kappa shape index (κ1) is 17.5. The van der Waals surface area contributed by atoms with Gasteiger partial charge in [0.25, 0.3) is 0 Å². The molecule has 0 unspecified atom stereocenters. The van der Waals surface area contributed by atoms with Gasteiger partial charge in [0.1, 0.15) is 0 Å². The lowest BCUT2D eigenvalue weighted by Gasteiger charge is -2.31. The molecule has 1 saturated heterocycles. The highest BCUT2D eigenvalue weighted by Gasteiger charge is 2.29. The summed E-state index contributed by atoms with van der Waals surface area (Å²) in [5.74, 6) is -0.448. The maximum atomic E-state index is 12.4. The van der Waals surface area contributed by atoms with Gasteiger partial charge >= 0.3 is 12.0 Å². The summed E-state index contributed by atoms with van der Waals surface area (Å²) in [5.41, 5.74) is 3.69. The van der Waals surface area contributed by atoms with Crippen LogP contribution in [0.4, 0.5) is 10.5 Å². The quantitative estimate of drug-likeness (QED) is 0.831. The number of urea groups is 1. The molecule has 7 heteroatoms. The lowest BCUT2D eigenvalue weighted by Crippen LogP contribution is -2.51. The molecule has 0 spiro atoms. The van der Waals surface area contributed by atoms with E-state index in [-0.39, 0.29) is 12.6 Å². The normalized spacial score (nSPS) is 20.0. The van der Waals surface area contributed by atoms with E-state index in [1.54, 1.807) is 4.90 Å². The minimum absolute atomic E-state index is 0.188. The summed E-state index contributed by atoms with van der Waals surface area (Å²) in [6.45, 7) is 2.57. The number of methoxy groups -OCH3 is 1. The van der Waals surface area contributed by atoms with Crippen molar-refractivity contribution in [2.45, 2.75) is 25.5 Å². The van der Waals surface area contributed by atoms with Crippen molar-refractivity contribution in [2.75, 3.05) is 45.3 Å². The zero-order chi connectivity index (χ0) is 17.8. The zero-order valence-corrected chi connectivity index (χ0v) is 14.8. The van der Waals surface area contributed by atoms with Gasteiger partial charge in [0.15, 0.2) is 6.10 Å². The Labute approximate surface area is 147 Å². The van der Waals surface area contributed by atoms with E-state index < -0.39 is 12.1 Å². The van der Waals surface area contributed by atoms with Crippen LogP contribution in [0, 0.1) is 0 Å². The van der Waals surface area contributed by atoms with Crippen molar-refractivity contribution in [3.8, 4) is 0 Å². The van der Waals surface area contributed by atoms with Crippen LogP contribution in [-0.2, 0) is 27.2 Å². The van der Waals surface area contributed by atoms with Crippen molar-refractivity contribution >= 4 is 17.7 Å². The number of rotatable bonds is 3. The number of nitrogens with one attached hydrogen (secondary N) is 1. The van der Waals surface area contributed by atoms with E-state index in [1.807, 2.05) is 0 Å². The summed E-state index contributed by atoms with van der Waals surface area (Å²) in [4.78, 5) is 27.8. The molecule has 7 nitrogen and oxygen atoms in total. The van der Waals surface area contributed by atoms with Crippen LogP contribution in [0.2, 0.25) is 0 Å². The van der Waals surface area contributed by atoms with Crippen molar-refractivity contribution in [1.29, 1.82) is 0 Å². The number of carbonyl (C=O) groups is 2. The molecule has 2 aliphatic rings. The van der Waals surface area contributed by atoms with E-state index >= 15 is 0 Å². The third kappa shape index (κ3) is 4.04. The van der Waals surface area contributed by atoms with Crippen molar-refractivity contribution in [3.05, 3.63) is 29.3 Å². The topological polar surface area (TPSA) is 71.1 Å². The van der Waals surface area contributed by atoms with E-state index in [0.717, 1.165) is 24.9 Å². The Hall–Kier alpha value is -2.28. The van der Waals surface area contributed by atoms with Crippen LogP contribution in [0.3, 0.4) is 0 Å². The number of ether oxygens (including phenoxy) is 2. The van der Waals surface area contributed by atoms with Gasteiger partial charge < -0.3 is 24.6 Å². The van der Waals surface area contributed by atoms with Gasteiger partial charge in [0.2, 0.25) is 0 Å². The number of esters is 1. The van der Waals surface area contributed by atoms with Crippen LogP contribution >= 0.6 is 0 Å². The highest BCUT2D eigenvalue weighted by molar-refractivity contribution is 5.78. The van der Waals surface area contributed by atoms with E-state index in [1.165, 1.54) is 18.4 Å². The van der Waals surface area contributed by atoms with Gasteiger partial charge in [0, 0.05) is 32.4 Å². The van der Waals surface area contributed by atoms with Crippen LogP contribution in [-0.4, -0.2) is 63.4 Å². The lowest BCUT2D eigenvalue weighted by atomic mass is 9.99. The first-order valence-corrected chi connectivity index (χ1v) is 8.63. The van der Waals surface area contributed by atoms with Gasteiger partial charge in [-0.05, 0) is 30.0 Å². The molecular formula is C18H25N3O4. The molecule has 2 amide bonds. The van der Waals surface area contributed by atoms with Gasteiger partial charge in [-0.1, -0.05) is 12.1 Å². The Kier molecular flexibility index (Phi) is 5.43. The fourth-order valence-electron chi connectivity index (χ4n) is 3.35. The van der Waals surface area contributed by atoms with Crippen LogP contribution in [0.15, 0.2) is 18.2 Å². The molecule has 2 aliphatic heterocycles. The molecule has 0 aliphatic carbocycles. The minimum Gasteiger partial charge on any atom is -0.467 e. The third-order valence-corrected chi connectivity index (χ3v) is 4.76. The average molecular weight is 347 g/mol. The number of morpholine rings is 1. The second kappa shape index (κ2) is 7.74. The summed E-state index contributed by atoms with van der Waals surface area (Å²) in [6.07, 6.45) is 1.53. The molecule has 1 N–H and O–H groups in total. The molecule has 0 aromatic heterocycles. The van der Waals surface area contributed by atoms with Crippen LogP contribution in [0.25, 0.3) is 0 Å². The number of aryl methyl sites for hydroxylation is 1. The van der Waals surface area contributed by atoms with Crippen molar-refractivity contribution in [3.63, 3.8) is 0 Å². The smallest absolute Gasteiger partial charge is 0.336 e. The predicted molar refractivity (Wildman–Crippen MR) is 93.6 cm³/mol. The van der Waals surface area contributed by atoms with Crippen LogP contribution in [0.5, 0.6) is 0 Å².